The van der Waals surface area contributed by atoms with E-state index in [1.807, 2.05) is 0 Å². The molecule has 0 aliphatic carbocycles. The summed E-state index contributed by atoms with van der Waals surface area (Å²) in [5.74, 6) is 1.11. The fourth-order valence-electron chi connectivity index (χ4n) is 0.930. The van der Waals surface area contributed by atoms with E-state index in [1.54, 1.807) is 11.8 Å². The number of amides is 1. The maximum atomic E-state index is 11.2. The molecule has 0 bridgehead atoms. The quantitative estimate of drug-likeness (QED) is 0.723. The van der Waals surface area contributed by atoms with Gasteiger partial charge in [0.1, 0.15) is 0 Å². The highest BCUT2D eigenvalue weighted by Crippen LogP contribution is 2.09. The fourth-order valence-corrected chi connectivity index (χ4v) is 1.67. The van der Waals surface area contributed by atoms with Crippen LogP contribution in [0.5, 0.6) is 0 Å². The molecule has 0 aromatic carbocycles. The number of amidine groups is 1. The molecule has 0 saturated carbocycles. The SMILES string of the molecule is CCCCC(=O)NC1=NCCS1. The Morgan fingerprint density at radius 1 is 1.75 bits per heavy atom. The number of hydrogen-bond acceptors (Lipinski definition) is 3. The Morgan fingerprint density at radius 2 is 2.58 bits per heavy atom. The van der Waals surface area contributed by atoms with Gasteiger partial charge in [-0.25, -0.2) is 0 Å². The molecule has 0 radical (unpaired) electrons. The van der Waals surface area contributed by atoms with E-state index in [0.717, 1.165) is 30.3 Å². The van der Waals surface area contributed by atoms with Crippen LogP contribution < -0.4 is 5.32 Å². The zero-order valence-electron chi connectivity index (χ0n) is 7.30. The molecule has 1 heterocycles. The van der Waals surface area contributed by atoms with E-state index in [9.17, 15) is 4.79 Å². The molecular formula is C8H14N2OS. The molecule has 68 valence electrons. The van der Waals surface area contributed by atoms with Gasteiger partial charge in [-0.2, -0.15) is 0 Å². The number of aliphatic imine (C=N–C) groups is 1. The summed E-state index contributed by atoms with van der Waals surface area (Å²) in [6, 6.07) is 0. The molecule has 0 aromatic rings. The average Bonchev–Trinajstić information content (AvgIpc) is 2.53. The smallest absolute Gasteiger partial charge is 0.225 e. The zero-order chi connectivity index (χ0) is 8.81. The van der Waals surface area contributed by atoms with Crippen molar-refractivity contribution < 1.29 is 4.79 Å². The highest BCUT2D eigenvalue weighted by molar-refractivity contribution is 8.14. The Hall–Kier alpha value is -0.510. The fraction of sp³-hybridized carbons (Fsp3) is 0.750. The summed E-state index contributed by atoms with van der Waals surface area (Å²) in [6.45, 7) is 2.92. The van der Waals surface area contributed by atoms with Gasteiger partial charge in [0.05, 0.1) is 6.54 Å². The van der Waals surface area contributed by atoms with Crippen molar-refractivity contribution in [2.24, 2.45) is 4.99 Å². The van der Waals surface area contributed by atoms with Gasteiger partial charge in [-0.3, -0.25) is 9.79 Å². The van der Waals surface area contributed by atoms with Crippen molar-refractivity contribution >= 4 is 22.8 Å². The Labute approximate surface area is 77.0 Å². The number of thioether (sulfide) groups is 1. The summed E-state index contributed by atoms with van der Waals surface area (Å²) in [4.78, 5) is 15.3. The molecule has 4 heteroatoms. The third-order valence-corrected chi connectivity index (χ3v) is 2.48. The summed E-state index contributed by atoms with van der Waals surface area (Å²) >= 11 is 1.62. The van der Waals surface area contributed by atoms with E-state index in [-0.39, 0.29) is 5.91 Å². The minimum atomic E-state index is 0.102. The van der Waals surface area contributed by atoms with E-state index in [4.69, 9.17) is 0 Å². The van der Waals surface area contributed by atoms with Gasteiger partial charge in [0.15, 0.2) is 5.17 Å². The van der Waals surface area contributed by atoms with Crippen molar-refractivity contribution in [3.8, 4) is 0 Å². The van der Waals surface area contributed by atoms with Gasteiger partial charge in [0.25, 0.3) is 0 Å². The molecule has 1 aliphatic rings. The monoisotopic (exact) mass is 186 g/mol. The summed E-state index contributed by atoms with van der Waals surface area (Å²) < 4.78 is 0. The number of carbonyl (C=O) groups is 1. The minimum Gasteiger partial charge on any atom is -0.305 e. The van der Waals surface area contributed by atoms with Crippen LogP contribution in [0.15, 0.2) is 4.99 Å². The van der Waals surface area contributed by atoms with E-state index in [0.29, 0.717) is 6.42 Å². The third-order valence-electron chi connectivity index (χ3n) is 1.59. The summed E-state index contributed by atoms with van der Waals surface area (Å²) in [5.41, 5.74) is 0. The topological polar surface area (TPSA) is 41.5 Å². The van der Waals surface area contributed by atoms with Gasteiger partial charge in [0.2, 0.25) is 5.91 Å². The van der Waals surface area contributed by atoms with Crippen molar-refractivity contribution in [3.63, 3.8) is 0 Å². The number of rotatable bonds is 3. The first-order valence-electron chi connectivity index (χ1n) is 4.30. The standard InChI is InChI=1S/C8H14N2OS/c1-2-3-4-7(11)10-8-9-5-6-12-8/h2-6H2,1H3,(H,9,10,11). The first-order chi connectivity index (χ1) is 5.83. The maximum absolute atomic E-state index is 11.2. The molecule has 1 N–H and O–H groups in total. The van der Waals surface area contributed by atoms with Gasteiger partial charge < -0.3 is 5.32 Å². The van der Waals surface area contributed by atoms with E-state index < -0.39 is 0 Å². The number of carbonyl (C=O) groups excluding carboxylic acids is 1. The van der Waals surface area contributed by atoms with Crippen molar-refractivity contribution in [1.82, 2.24) is 5.32 Å². The van der Waals surface area contributed by atoms with Gasteiger partial charge in [-0.1, -0.05) is 25.1 Å². The maximum Gasteiger partial charge on any atom is 0.225 e. The van der Waals surface area contributed by atoms with Crippen LogP contribution in [0.4, 0.5) is 0 Å². The Balaban J connectivity index is 2.17. The van der Waals surface area contributed by atoms with Crippen LogP contribution in [-0.4, -0.2) is 23.4 Å². The molecule has 0 aromatic heterocycles. The predicted molar refractivity (Wildman–Crippen MR) is 52.4 cm³/mol. The lowest BCUT2D eigenvalue weighted by Gasteiger charge is -2.01. The van der Waals surface area contributed by atoms with Crippen LogP contribution in [0, 0.1) is 0 Å². The number of unbranched alkanes of at least 4 members (excludes halogenated alkanes) is 1. The lowest BCUT2D eigenvalue weighted by Crippen LogP contribution is -2.26. The molecule has 0 saturated heterocycles. The highest BCUT2D eigenvalue weighted by atomic mass is 32.2. The Morgan fingerprint density at radius 3 is 3.17 bits per heavy atom. The van der Waals surface area contributed by atoms with E-state index in [1.165, 1.54) is 0 Å². The first-order valence-corrected chi connectivity index (χ1v) is 5.28. The van der Waals surface area contributed by atoms with Crippen molar-refractivity contribution in [3.05, 3.63) is 0 Å². The molecule has 1 amide bonds. The zero-order valence-corrected chi connectivity index (χ0v) is 8.12. The van der Waals surface area contributed by atoms with Crippen LogP contribution >= 0.6 is 11.8 Å². The van der Waals surface area contributed by atoms with Gasteiger partial charge in [-0.05, 0) is 6.42 Å². The third kappa shape index (κ3) is 3.26. The Bertz CT molecular complexity index is 191. The molecule has 12 heavy (non-hydrogen) atoms. The van der Waals surface area contributed by atoms with Crippen molar-refractivity contribution in [2.45, 2.75) is 26.2 Å². The minimum absolute atomic E-state index is 0.102. The second-order valence-electron chi connectivity index (χ2n) is 2.69. The summed E-state index contributed by atoms with van der Waals surface area (Å²) in [5, 5.41) is 3.59. The van der Waals surface area contributed by atoms with E-state index in [2.05, 4.69) is 17.2 Å². The van der Waals surface area contributed by atoms with Crippen LogP contribution in [0.1, 0.15) is 26.2 Å². The molecule has 0 spiro atoms. The second-order valence-corrected chi connectivity index (χ2v) is 3.77. The van der Waals surface area contributed by atoms with Gasteiger partial charge in [0, 0.05) is 12.2 Å². The van der Waals surface area contributed by atoms with Gasteiger partial charge in [-0.15, -0.1) is 0 Å². The molecule has 0 atom stereocenters. The molecule has 3 nitrogen and oxygen atoms in total. The highest BCUT2D eigenvalue weighted by Gasteiger charge is 2.09. The predicted octanol–water partition coefficient (Wildman–Crippen LogP) is 1.40. The summed E-state index contributed by atoms with van der Waals surface area (Å²) in [6.07, 6.45) is 2.65. The molecule has 0 fully saturated rings. The van der Waals surface area contributed by atoms with Crippen LogP contribution in [0.25, 0.3) is 0 Å². The Kier molecular flexibility index (Phi) is 4.14. The second kappa shape index (κ2) is 5.19. The van der Waals surface area contributed by atoms with Crippen LogP contribution in [0.2, 0.25) is 0 Å². The molecule has 1 aliphatic heterocycles. The molecule has 1 rings (SSSR count). The van der Waals surface area contributed by atoms with Crippen molar-refractivity contribution in [1.29, 1.82) is 0 Å². The largest absolute Gasteiger partial charge is 0.305 e. The normalized spacial score (nSPS) is 15.9. The average molecular weight is 186 g/mol. The number of nitrogens with one attached hydrogen (secondary N) is 1. The first kappa shape index (κ1) is 9.58. The van der Waals surface area contributed by atoms with Crippen LogP contribution in [-0.2, 0) is 4.79 Å². The molecular weight excluding hydrogens is 172 g/mol. The summed E-state index contributed by atoms with van der Waals surface area (Å²) in [7, 11) is 0. The van der Waals surface area contributed by atoms with E-state index >= 15 is 0 Å². The van der Waals surface area contributed by atoms with Crippen LogP contribution in [0.3, 0.4) is 0 Å². The lowest BCUT2D eigenvalue weighted by molar-refractivity contribution is -0.119. The number of hydrogen-bond donors (Lipinski definition) is 1. The van der Waals surface area contributed by atoms with Crippen molar-refractivity contribution in [2.75, 3.05) is 12.3 Å². The lowest BCUT2D eigenvalue weighted by atomic mass is 10.2. The number of nitrogens with zero attached hydrogens (tertiary/aromatic N) is 1. The van der Waals surface area contributed by atoms with Gasteiger partial charge >= 0.3 is 0 Å². The molecule has 0 unspecified atom stereocenters.